The minimum Gasteiger partial charge on any atom is -0.444 e. The van der Waals surface area contributed by atoms with Gasteiger partial charge in [-0.15, -0.1) is 0 Å². The van der Waals surface area contributed by atoms with Gasteiger partial charge in [0.05, 0.1) is 5.69 Å². The summed E-state index contributed by atoms with van der Waals surface area (Å²) in [6, 6.07) is 7.77. The van der Waals surface area contributed by atoms with Crippen LogP contribution in [-0.4, -0.2) is 29.0 Å². The Balaban J connectivity index is 1.71. The van der Waals surface area contributed by atoms with Crippen molar-refractivity contribution in [3.8, 4) is 11.5 Å². The van der Waals surface area contributed by atoms with Gasteiger partial charge in [0.1, 0.15) is 6.26 Å². The number of aromatic nitrogens is 1. The van der Waals surface area contributed by atoms with Gasteiger partial charge in [0, 0.05) is 36.3 Å². The Morgan fingerprint density at radius 2 is 2.16 bits per heavy atom. The van der Waals surface area contributed by atoms with Crippen molar-refractivity contribution in [1.29, 1.82) is 0 Å². The maximum absolute atomic E-state index is 5.89. The molecule has 4 nitrogen and oxygen atoms in total. The second-order valence-electron chi connectivity index (χ2n) is 4.93. The smallest absolute Gasteiger partial charge is 0.226 e. The van der Waals surface area contributed by atoms with Gasteiger partial charge in [-0.1, -0.05) is 11.6 Å². The van der Waals surface area contributed by atoms with Crippen molar-refractivity contribution in [3.05, 3.63) is 41.2 Å². The summed E-state index contributed by atoms with van der Waals surface area (Å²) in [7, 11) is 0. The van der Waals surface area contributed by atoms with Crippen molar-refractivity contribution in [2.24, 2.45) is 5.73 Å². The van der Waals surface area contributed by atoms with Crippen LogP contribution in [0.15, 0.2) is 34.9 Å². The van der Waals surface area contributed by atoms with Crippen LogP contribution in [0.4, 0.5) is 0 Å². The summed E-state index contributed by atoms with van der Waals surface area (Å²) in [4.78, 5) is 6.81. The highest BCUT2D eigenvalue weighted by molar-refractivity contribution is 6.30. The molecule has 1 fully saturated rings. The Hall–Kier alpha value is -1.36. The summed E-state index contributed by atoms with van der Waals surface area (Å²) in [5, 5.41) is 0.710. The fourth-order valence-corrected chi connectivity index (χ4v) is 2.47. The number of hydrogen-bond donors (Lipinski definition) is 1. The van der Waals surface area contributed by atoms with Gasteiger partial charge in [0.2, 0.25) is 5.89 Å². The van der Waals surface area contributed by atoms with Crippen molar-refractivity contribution >= 4 is 11.6 Å². The molecule has 2 N–H and O–H groups in total. The highest BCUT2D eigenvalue weighted by Gasteiger charge is 2.20. The molecule has 0 spiro atoms. The summed E-state index contributed by atoms with van der Waals surface area (Å²) >= 11 is 5.86. The van der Waals surface area contributed by atoms with E-state index < -0.39 is 0 Å². The molecule has 1 atom stereocenters. The first-order chi connectivity index (χ1) is 9.20. The van der Waals surface area contributed by atoms with Crippen LogP contribution >= 0.6 is 11.6 Å². The van der Waals surface area contributed by atoms with E-state index in [1.807, 2.05) is 24.3 Å². The lowest BCUT2D eigenvalue weighted by Crippen LogP contribution is -2.26. The first-order valence-corrected chi connectivity index (χ1v) is 6.77. The van der Waals surface area contributed by atoms with E-state index in [1.54, 1.807) is 6.26 Å². The third-order valence-electron chi connectivity index (χ3n) is 3.34. The van der Waals surface area contributed by atoms with Crippen molar-refractivity contribution in [1.82, 2.24) is 9.88 Å². The van der Waals surface area contributed by atoms with Crippen molar-refractivity contribution in [3.63, 3.8) is 0 Å². The highest BCUT2D eigenvalue weighted by atomic mass is 35.5. The molecular weight excluding hydrogens is 262 g/mol. The van der Waals surface area contributed by atoms with E-state index in [1.165, 1.54) is 0 Å². The van der Waals surface area contributed by atoms with Crippen molar-refractivity contribution in [2.45, 2.75) is 19.0 Å². The maximum Gasteiger partial charge on any atom is 0.226 e. The van der Waals surface area contributed by atoms with Gasteiger partial charge < -0.3 is 10.2 Å². The molecule has 0 aliphatic carbocycles. The second-order valence-corrected chi connectivity index (χ2v) is 5.37. The van der Waals surface area contributed by atoms with Crippen molar-refractivity contribution in [2.75, 3.05) is 13.1 Å². The van der Waals surface area contributed by atoms with Crippen molar-refractivity contribution < 1.29 is 4.42 Å². The highest BCUT2D eigenvalue weighted by Crippen LogP contribution is 2.21. The zero-order chi connectivity index (χ0) is 13.2. The SMILES string of the molecule is N[C@H]1CCN(Cc2coc(-c3ccc(Cl)cc3)n2)C1. The van der Waals surface area contributed by atoms with Gasteiger partial charge in [0.15, 0.2) is 0 Å². The molecular formula is C14H16ClN3O. The Morgan fingerprint density at radius 3 is 2.84 bits per heavy atom. The first kappa shape index (κ1) is 12.7. The molecule has 2 heterocycles. The summed E-state index contributed by atoms with van der Waals surface area (Å²) in [5.41, 5.74) is 7.77. The molecule has 1 saturated heterocycles. The molecule has 1 aliphatic heterocycles. The lowest BCUT2D eigenvalue weighted by Gasteiger charge is -2.12. The molecule has 5 heteroatoms. The van der Waals surface area contributed by atoms with Crippen LogP contribution < -0.4 is 5.73 Å². The molecule has 0 bridgehead atoms. The third kappa shape index (κ3) is 2.97. The molecule has 1 aromatic carbocycles. The number of nitrogens with two attached hydrogens (primary N) is 1. The van der Waals surface area contributed by atoms with Crippen LogP contribution in [0.1, 0.15) is 12.1 Å². The molecule has 0 amide bonds. The Bertz CT molecular complexity index is 552. The van der Waals surface area contributed by atoms with E-state index in [0.29, 0.717) is 17.0 Å². The summed E-state index contributed by atoms with van der Waals surface area (Å²) < 4.78 is 5.52. The Kier molecular flexibility index (Phi) is 3.55. The molecule has 0 saturated carbocycles. The number of hydrogen-bond acceptors (Lipinski definition) is 4. The molecule has 0 unspecified atom stereocenters. The summed E-state index contributed by atoms with van der Waals surface area (Å²) in [5.74, 6) is 0.634. The quantitative estimate of drug-likeness (QED) is 0.937. The van der Waals surface area contributed by atoms with Crippen LogP contribution in [-0.2, 0) is 6.54 Å². The lowest BCUT2D eigenvalue weighted by atomic mass is 10.2. The average Bonchev–Trinajstić information content (AvgIpc) is 3.00. The van der Waals surface area contributed by atoms with E-state index in [0.717, 1.165) is 37.3 Å². The van der Waals surface area contributed by atoms with Crippen LogP contribution in [0.25, 0.3) is 11.5 Å². The first-order valence-electron chi connectivity index (χ1n) is 6.39. The van der Waals surface area contributed by atoms with E-state index >= 15 is 0 Å². The predicted molar refractivity (Wildman–Crippen MR) is 74.8 cm³/mol. The maximum atomic E-state index is 5.89. The predicted octanol–water partition coefficient (Wildman–Crippen LogP) is 2.53. The van der Waals surface area contributed by atoms with Crippen LogP contribution in [0.5, 0.6) is 0 Å². The number of benzene rings is 1. The number of likely N-dealkylation sites (tertiary alicyclic amines) is 1. The van der Waals surface area contributed by atoms with Crippen LogP contribution in [0.2, 0.25) is 5.02 Å². The number of nitrogens with zero attached hydrogens (tertiary/aromatic N) is 2. The number of rotatable bonds is 3. The van der Waals surface area contributed by atoms with E-state index in [4.69, 9.17) is 21.8 Å². The summed E-state index contributed by atoms with van der Waals surface area (Å²) in [6.45, 7) is 2.76. The molecule has 19 heavy (non-hydrogen) atoms. The molecule has 1 aliphatic rings. The summed E-state index contributed by atoms with van der Waals surface area (Å²) in [6.07, 6.45) is 2.77. The van der Waals surface area contributed by atoms with Gasteiger partial charge in [0.25, 0.3) is 0 Å². The number of oxazole rings is 1. The Labute approximate surface area is 117 Å². The van der Waals surface area contributed by atoms with E-state index in [2.05, 4.69) is 9.88 Å². The van der Waals surface area contributed by atoms with E-state index in [-0.39, 0.29) is 0 Å². The fraction of sp³-hybridized carbons (Fsp3) is 0.357. The van der Waals surface area contributed by atoms with Gasteiger partial charge >= 0.3 is 0 Å². The average molecular weight is 278 g/mol. The topological polar surface area (TPSA) is 55.3 Å². The normalized spacial score (nSPS) is 20.0. The van der Waals surface area contributed by atoms with Gasteiger partial charge in [-0.05, 0) is 30.7 Å². The standard InChI is InChI=1S/C14H16ClN3O/c15-11-3-1-10(2-4-11)14-17-13(9-19-14)8-18-6-5-12(16)7-18/h1-4,9,12H,5-8,16H2/t12-/m0/s1. The lowest BCUT2D eigenvalue weighted by molar-refractivity contribution is 0.322. The monoisotopic (exact) mass is 277 g/mol. The molecule has 2 aromatic rings. The number of halogens is 1. The molecule has 1 aromatic heterocycles. The van der Waals surface area contributed by atoms with Crippen LogP contribution in [0.3, 0.4) is 0 Å². The fourth-order valence-electron chi connectivity index (χ4n) is 2.34. The zero-order valence-electron chi connectivity index (χ0n) is 10.6. The van der Waals surface area contributed by atoms with Gasteiger partial charge in [-0.2, -0.15) is 0 Å². The Morgan fingerprint density at radius 1 is 1.37 bits per heavy atom. The molecule has 3 rings (SSSR count). The van der Waals surface area contributed by atoms with Gasteiger partial charge in [-0.25, -0.2) is 4.98 Å². The third-order valence-corrected chi connectivity index (χ3v) is 3.59. The van der Waals surface area contributed by atoms with E-state index in [9.17, 15) is 0 Å². The van der Waals surface area contributed by atoms with Gasteiger partial charge in [-0.3, -0.25) is 4.90 Å². The van der Waals surface area contributed by atoms with Crippen LogP contribution in [0, 0.1) is 0 Å². The molecule has 0 radical (unpaired) electrons. The minimum absolute atomic E-state index is 0.294. The minimum atomic E-state index is 0.294. The zero-order valence-corrected chi connectivity index (χ0v) is 11.3. The second kappa shape index (κ2) is 5.33. The largest absolute Gasteiger partial charge is 0.444 e. The molecule has 100 valence electrons.